The van der Waals surface area contributed by atoms with Gasteiger partial charge in [0.1, 0.15) is 0 Å². The number of H-pyrrole nitrogens is 1. The second-order valence-corrected chi connectivity index (χ2v) is 8.89. The van der Waals surface area contributed by atoms with Crippen LogP contribution in [0.5, 0.6) is 0 Å². The fourth-order valence-electron chi connectivity index (χ4n) is 4.36. The molecule has 2 aromatic carbocycles. The number of nitrogens with one attached hydrogen (secondary N) is 2. The quantitative estimate of drug-likeness (QED) is 0.512. The number of carbonyl (C=O) groups is 1. The number of hydrogen-bond acceptors (Lipinski definition) is 2. The number of halogens is 1. The number of nitrogens with zero attached hydrogens (tertiary/aromatic N) is 1. The summed E-state index contributed by atoms with van der Waals surface area (Å²) in [7, 11) is 0. The van der Waals surface area contributed by atoms with E-state index in [9.17, 15) is 9.59 Å². The van der Waals surface area contributed by atoms with Crippen LogP contribution in [-0.2, 0) is 6.54 Å². The van der Waals surface area contributed by atoms with Crippen molar-refractivity contribution in [2.24, 2.45) is 0 Å². The molecule has 1 aliphatic carbocycles. The Bertz CT molecular complexity index is 1150. The first-order chi connectivity index (χ1) is 14.9. The van der Waals surface area contributed by atoms with E-state index < -0.39 is 0 Å². The smallest absolute Gasteiger partial charge is 0.321 e. The molecule has 4 rings (SSSR count). The first-order valence-electron chi connectivity index (χ1n) is 10.9. The molecule has 0 unspecified atom stereocenters. The number of rotatable bonds is 4. The van der Waals surface area contributed by atoms with Crippen molar-refractivity contribution in [2.45, 2.75) is 58.5 Å². The van der Waals surface area contributed by atoms with Gasteiger partial charge >= 0.3 is 6.03 Å². The van der Waals surface area contributed by atoms with Gasteiger partial charge in [0.05, 0.1) is 12.1 Å². The van der Waals surface area contributed by atoms with Gasteiger partial charge in [-0.1, -0.05) is 43.0 Å². The Morgan fingerprint density at radius 3 is 2.52 bits per heavy atom. The highest BCUT2D eigenvalue weighted by Gasteiger charge is 2.26. The highest BCUT2D eigenvalue weighted by molar-refractivity contribution is 6.30. The van der Waals surface area contributed by atoms with Crippen molar-refractivity contribution in [3.8, 4) is 0 Å². The number of aromatic nitrogens is 1. The lowest BCUT2D eigenvalue weighted by atomic mass is 9.94. The summed E-state index contributed by atoms with van der Waals surface area (Å²) in [6.45, 7) is 4.33. The number of aromatic amines is 1. The van der Waals surface area contributed by atoms with Crippen LogP contribution in [-0.4, -0.2) is 22.0 Å². The Morgan fingerprint density at radius 2 is 1.81 bits per heavy atom. The molecule has 0 spiro atoms. The molecule has 2 N–H and O–H groups in total. The minimum atomic E-state index is -0.186. The zero-order valence-electron chi connectivity index (χ0n) is 18.0. The van der Waals surface area contributed by atoms with Crippen LogP contribution in [0.1, 0.15) is 48.8 Å². The number of urea groups is 1. The van der Waals surface area contributed by atoms with Crippen molar-refractivity contribution in [2.75, 3.05) is 5.32 Å². The van der Waals surface area contributed by atoms with Crippen molar-refractivity contribution in [3.05, 3.63) is 74.5 Å². The molecule has 1 fully saturated rings. The van der Waals surface area contributed by atoms with Gasteiger partial charge < -0.3 is 15.2 Å². The minimum absolute atomic E-state index is 0.121. The molecule has 3 aromatic rings. The predicted molar refractivity (Wildman–Crippen MR) is 127 cm³/mol. The lowest BCUT2D eigenvalue weighted by Crippen LogP contribution is -2.44. The van der Waals surface area contributed by atoms with E-state index in [1.54, 1.807) is 24.3 Å². The van der Waals surface area contributed by atoms with E-state index in [0.29, 0.717) is 16.3 Å². The van der Waals surface area contributed by atoms with Crippen molar-refractivity contribution in [3.63, 3.8) is 0 Å². The fraction of sp³-hybridized carbons (Fsp3) is 0.360. The highest BCUT2D eigenvalue weighted by Crippen LogP contribution is 2.26. The van der Waals surface area contributed by atoms with Crippen LogP contribution in [0.15, 0.2) is 47.3 Å². The highest BCUT2D eigenvalue weighted by atomic mass is 35.5. The number of fused-ring (bicyclic) bond motifs is 1. The summed E-state index contributed by atoms with van der Waals surface area (Å²) in [5, 5.41) is 4.58. The van der Waals surface area contributed by atoms with Crippen LogP contribution in [0.25, 0.3) is 10.9 Å². The van der Waals surface area contributed by atoms with Crippen molar-refractivity contribution >= 4 is 34.2 Å². The predicted octanol–water partition coefficient (Wildman–Crippen LogP) is 6.17. The van der Waals surface area contributed by atoms with Gasteiger partial charge in [-0.25, -0.2) is 4.79 Å². The molecule has 1 heterocycles. The Morgan fingerprint density at radius 1 is 1.10 bits per heavy atom. The molecule has 162 valence electrons. The van der Waals surface area contributed by atoms with Gasteiger partial charge in [-0.05, 0) is 73.5 Å². The molecule has 0 bridgehead atoms. The number of anilines is 1. The molecule has 0 aliphatic heterocycles. The molecular formula is C25H28ClN3O2. The summed E-state index contributed by atoms with van der Waals surface area (Å²) < 4.78 is 0. The van der Waals surface area contributed by atoms with E-state index in [2.05, 4.69) is 16.4 Å². The van der Waals surface area contributed by atoms with Crippen LogP contribution in [0.4, 0.5) is 10.5 Å². The topological polar surface area (TPSA) is 65.2 Å². The Hall–Kier alpha value is -2.79. The second kappa shape index (κ2) is 9.15. The lowest BCUT2D eigenvalue weighted by molar-refractivity contribution is 0.162. The minimum Gasteiger partial charge on any atom is -0.321 e. The average Bonchev–Trinajstić information content (AvgIpc) is 2.77. The molecule has 31 heavy (non-hydrogen) atoms. The third-order valence-electron chi connectivity index (χ3n) is 6.34. The van der Waals surface area contributed by atoms with Gasteiger partial charge in [-0.2, -0.15) is 0 Å². The first kappa shape index (κ1) is 21.4. The SMILES string of the molecule is Cc1ccc2cc(CN(C(=O)Nc3ccc(Cl)cc3)C3CCCCC3)c(=O)[nH]c2c1C. The summed E-state index contributed by atoms with van der Waals surface area (Å²) in [6, 6.07) is 13.0. The number of aryl methyl sites for hydroxylation is 2. The summed E-state index contributed by atoms with van der Waals surface area (Å²) in [5.74, 6) is 0. The Kier molecular flexibility index (Phi) is 6.33. The molecule has 5 nitrogen and oxygen atoms in total. The maximum Gasteiger partial charge on any atom is 0.322 e. The Balaban J connectivity index is 1.64. The van der Waals surface area contributed by atoms with Crippen molar-refractivity contribution in [1.82, 2.24) is 9.88 Å². The zero-order valence-corrected chi connectivity index (χ0v) is 18.8. The largest absolute Gasteiger partial charge is 0.322 e. The van der Waals surface area contributed by atoms with Crippen molar-refractivity contribution in [1.29, 1.82) is 0 Å². The van der Waals surface area contributed by atoms with Gasteiger partial charge in [0.25, 0.3) is 5.56 Å². The molecule has 0 atom stereocenters. The van der Waals surface area contributed by atoms with Gasteiger partial charge in [-0.3, -0.25) is 4.79 Å². The maximum absolute atomic E-state index is 13.2. The van der Waals surface area contributed by atoms with Crippen LogP contribution < -0.4 is 10.9 Å². The van der Waals surface area contributed by atoms with E-state index in [1.165, 1.54) is 6.42 Å². The number of carbonyl (C=O) groups excluding carboxylic acids is 1. The third kappa shape index (κ3) is 4.77. The van der Waals surface area contributed by atoms with E-state index in [-0.39, 0.29) is 24.2 Å². The molecule has 1 aliphatic rings. The number of hydrogen-bond donors (Lipinski definition) is 2. The Labute approximate surface area is 187 Å². The summed E-state index contributed by atoms with van der Waals surface area (Å²) in [6.07, 6.45) is 5.30. The number of benzene rings is 2. The third-order valence-corrected chi connectivity index (χ3v) is 6.59. The van der Waals surface area contributed by atoms with E-state index in [4.69, 9.17) is 11.6 Å². The molecule has 2 amide bonds. The summed E-state index contributed by atoms with van der Waals surface area (Å²) in [4.78, 5) is 31.0. The fourth-order valence-corrected chi connectivity index (χ4v) is 4.48. The summed E-state index contributed by atoms with van der Waals surface area (Å²) >= 11 is 5.96. The first-order valence-corrected chi connectivity index (χ1v) is 11.3. The second-order valence-electron chi connectivity index (χ2n) is 8.45. The zero-order chi connectivity index (χ0) is 22.0. The van der Waals surface area contributed by atoms with E-state index in [1.807, 2.05) is 30.9 Å². The standard InChI is InChI=1S/C25H28ClN3O2/c1-16-8-9-18-14-19(24(30)28-23(18)17(16)2)15-29(22-6-4-3-5-7-22)25(31)27-21-12-10-20(26)11-13-21/h8-14,22H,3-7,15H2,1-2H3,(H,27,31)(H,28,30). The average molecular weight is 438 g/mol. The van der Waals surface area contributed by atoms with Gasteiger partial charge in [0.15, 0.2) is 0 Å². The normalized spacial score (nSPS) is 14.5. The molecule has 0 radical (unpaired) electrons. The monoisotopic (exact) mass is 437 g/mol. The van der Waals surface area contributed by atoms with Crippen LogP contribution in [0.2, 0.25) is 5.02 Å². The molecule has 1 saturated carbocycles. The van der Waals surface area contributed by atoms with Crippen LogP contribution in [0, 0.1) is 13.8 Å². The van der Waals surface area contributed by atoms with E-state index >= 15 is 0 Å². The molecule has 1 aromatic heterocycles. The van der Waals surface area contributed by atoms with Gasteiger partial charge in [0.2, 0.25) is 0 Å². The number of pyridine rings is 1. The maximum atomic E-state index is 13.2. The van der Waals surface area contributed by atoms with Gasteiger partial charge in [-0.15, -0.1) is 0 Å². The molecule has 0 saturated heterocycles. The van der Waals surface area contributed by atoms with Gasteiger partial charge in [0, 0.05) is 22.3 Å². The van der Waals surface area contributed by atoms with Crippen LogP contribution in [0.3, 0.4) is 0 Å². The van der Waals surface area contributed by atoms with E-state index in [0.717, 1.165) is 47.7 Å². The van der Waals surface area contributed by atoms with Crippen LogP contribution >= 0.6 is 11.6 Å². The van der Waals surface area contributed by atoms with Crippen molar-refractivity contribution < 1.29 is 4.79 Å². The molecular weight excluding hydrogens is 410 g/mol. The number of amides is 2. The lowest BCUT2D eigenvalue weighted by Gasteiger charge is -2.34. The summed E-state index contributed by atoms with van der Waals surface area (Å²) in [5.41, 5.74) is 4.24. The molecule has 6 heteroatoms.